The van der Waals surface area contributed by atoms with Crippen LogP contribution in [0.25, 0.3) is 0 Å². The van der Waals surface area contributed by atoms with Crippen molar-refractivity contribution in [1.29, 1.82) is 0 Å². The number of hydrogen-bond donors (Lipinski definition) is 13. The van der Waals surface area contributed by atoms with Crippen LogP contribution in [0.4, 0.5) is 0 Å². The largest absolute Gasteiger partial charge is 0.330 e. The summed E-state index contributed by atoms with van der Waals surface area (Å²) in [6.07, 6.45) is 30.2. The first-order valence-electron chi connectivity index (χ1n) is 50.2. The Morgan fingerprint density at radius 1 is 0.279 bits per heavy atom. The van der Waals surface area contributed by atoms with Gasteiger partial charge in [-0.3, -0.25) is 0 Å². The summed E-state index contributed by atoms with van der Waals surface area (Å²) in [6, 6.07) is 11.2. The molecule has 28 nitrogen and oxygen atoms in total. The van der Waals surface area contributed by atoms with Gasteiger partial charge in [-0.1, -0.05) is 6.42 Å². The molecular weight excluding hydrogens is 1520 g/mol. The Morgan fingerprint density at radius 2 is 0.795 bits per heavy atom. The molecule has 0 aromatic heterocycles. The van der Waals surface area contributed by atoms with E-state index >= 15 is 0 Å². The number of likely N-dealkylation sites (tertiary alicyclic amines) is 7. The van der Waals surface area contributed by atoms with Crippen molar-refractivity contribution in [1.82, 2.24) is 94.8 Å². The van der Waals surface area contributed by atoms with E-state index < -0.39 is 0 Å². The maximum Gasteiger partial charge on any atom is 0.0297 e. The number of nitrogens with one attached hydrogen (secondary N) is 4. The van der Waals surface area contributed by atoms with E-state index in [9.17, 15) is 0 Å². The van der Waals surface area contributed by atoms with Crippen molar-refractivity contribution in [2.24, 2.45) is 87.1 Å². The lowest BCUT2D eigenvalue weighted by molar-refractivity contribution is 0.0556. The molecule has 3 aliphatic carbocycles. The lowest BCUT2D eigenvalue weighted by atomic mass is 9.77. The van der Waals surface area contributed by atoms with Crippen molar-refractivity contribution in [3.05, 3.63) is 0 Å². The predicted octanol–water partition coefficient (Wildman–Crippen LogP) is 1.41. The molecule has 720 valence electrons. The van der Waals surface area contributed by atoms with Gasteiger partial charge in [0.05, 0.1) is 0 Å². The van der Waals surface area contributed by atoms with Crippen LogP contribution in [0.3, 0.4) is 0 Å². The van der Waals surface area contributed by atoms with Crippen LogP contribution >= 0.6 is 0 Å². The molecule has 22 rings (SSSR count). The van der Waals surface area contributed by atoms with Crippen LogP contribution < -0.4 is 72.9 Å². The normalized spacial score (nSPS) is 38.0. The van der Waals surface area contributed by atoms with Crippen molar-refractivity contribution in [3.63, 3.8) is 0 Å². The molecule has 12 bridgehead atoms. The number of hydrogen-bond acceptors (Lipinski definition) is 28. The fraction of sp³-hybridized carbons (Fsp3) is 1.00. The summed E-state index contributed by atoms with van der Waals surface area (Å²) < 4.78 is 0. The van der Waals surface area contributed by atoms with Gasteiger partial charge in [-0.15, -0.1) is 0 Å². The molecule has 0 radical (unpaired) electrons. The van der Waals surface area contributed by atoms with E-state index in [1.165, 1.54) is 298 Å². The average molecular weight is 1730 g/mol. The summed E-state index contributed by atoms with van der Waals surface area (Å²) in [4.78, 5) is 36.0. The monoisotopic (exact) mass is 1730 g/mol. The molecule has 22 fully saturated rings. The number of fused-ring (bicyclic) bond motifs is 15. The molecule has 28 heteroatoms. The second-order valence-electron chi connectivity index (χ2n) is 43.1. The number of rotatable bonds is 2. The second-order valence-corrected chi connectivity index (χ2v) is 43.1. The molecule has 122 heavy (non-hydrogen) atoms. The molecular formula is C94H204N28. The smallest absolute Gasteiger partial charge is 0.0297 e. The highest BCUT2D eigenvalue weighted by Crippen LogP contribution is 2.37. The molecule has 19 aliphatic heterocycles. The molecule has 22 N–H and O–H groups in total. The minimum absolute atomic E-state index is 0.439. The van der Waals surface area contributed by atoms with Crippen LogP contribution in [0.1, 0.15) is 168 Å². The summed E-state index contributed by atoms with van der Waals surface area (Å²) in [5.74, 6) is 4.92. The molecule has 0 spiro atoms. The molecule has 19 saturated heterocycles. The SMILES string of the molecule is CC1CN(C)CC(C)N1.CC1CN(C)CCN1.CN1C2CC[C@@H]1CC(N)C2.CN1CC(N)C1.CN1CC2CC(N)C(C2)C1.CN1CC2CC1CC2N.CN1CC2CCC1CC2N.CN1CC2CCCC1CN2.CN1CCC(CN)CC1.CN1CCC(N)CC1.CN1CCCC(CN)C1.CN1CCCC(N)C1.CN1CCN2CCC1C2.CN1CCNCC1. The molecule has 22 aliphatic rings. The van der Waals surface area contributed by atoms with E-state index in [4.69, 9.17) is 51.6 Å². The van der Waals surface area contributed by atoms with Gasteiger partial charge in [-0.2, -0.15) is 0 Å². The van der Waals surface area contributed by atoms with Crippen LogP contribution in [0, 0.1) is 35.5 Å². The van der Waals surface area contributed by atoms with Crippen molar-refractivity contribution >= 4 is 0 Å². The molecule has 0 amide bonds. The van der Waals surface area contributed by atoms with Crippen molar-refractivity contribution in [2.75, 3.05) is 302 Å². The fourth-order valence-corrected chi connectivity index (χ4v) is 22.9. The van der Waals surface area contributed by atoms with Crippen LogP contribution in [-0.2, 0) is 0 Å². The van der Waals surface area contributed by atoms with E-state index in [0.29, 0.717) is 60.4 Å². The average Bonchev–Trinajstić information content (AvgIpc) is 1.42. The third-order valence-electron chi connectivity index (χ3n) is 31.0. The highest BCUT2D eigenvalue weighted by Gasteiger charge is 2.42. The Hall–Kier alpha value is -1.12. The van der Waals surface area contributed by atoms with Gasteiger partial charge in [0.2, 0.25) is 0 Å². The second kappa shape index (κ2) is 58.0. The molecule has 21 atom stereocenters. The zero-order chi connectivity index (χ0) is 89.0. The van der Waals surface area contributed by atoms with Gasteiger partial charge in [0.15, 0.2) is 0 Å². The quantitative estimate of drug-likeness (QED) is 0.186. The number of nitrogens with two attached hydrogens (primary N) is 9. The van der Waals surface area contributed by atoms with Crippen molar-refractivity contribution in [2.45, 2.75) is 271 Å². The molecule has 3 saturated carbocycles. The number of nitrogens with zero attached hydrogens (tertiary/aromatic N) is 15. The van der Waals surface area contributed by atoms with Gasteiger partial charge in [-0.05, 0) is 355 Å². The Bertz CT molecular complexity index is 2470. The zero-order valence-corrected chi connectivity index (χ0v) is 82.4. The first-order valence-corrected chi connectivity index (χ1v) is 50.2. The van der Waals surface area contributed by atoms with E-state index in [1.54, 1.807) is 0 Å². The van der Waals surface area contributed by atoms with Gasteiger partial charge < -0.3 is 146 Å². The summed E-state index contributed by atoms with van der Waals surface area (Å²) in [5, 5.41) is 13.7. The maximum absolute atomic E-state index is 5.96. The number of piperidine rings is 9. The Labute approximate surface area is 750 Å². The summed E-state index contributed by atoms with van der Waals surface area (Å²) >= 11 is 0. The van der Waals surface area contributed by atoms with Crippen LogP contribution in [0.5, 0.6) is 0 Å². The van der Waals surface area contributed by atoms with E-state index in [1.807, 2.05) is 0 Å². The third kappa shape index (κ3) is 41.3. The number of likely N-dealkylation sites (N-methyl/N-ethyl adjacent to an activating group) is 7. The Morgan fingerprint density at radius 3 is 1.23 bits per heavy atom. The molecule has 19 heterocycles. The topological polar surface area (TPSA) is 331 Å². The number of piperazine rings is 5. The standard InChI is InChI=1S/4C8H16N2.2C7H14N2.3C7H16N2.3C6H14N2.C5H12N2.C4H10N2/c1-10-4-6-2-7(5-10)8(9)3-6;1-10-7-2-3-8(10)5-6(9)4-7;1-10-5-6-2-3-7(10)4-8(6)9;1-10-6-7-3-2-4-8(10)5-9-7;1-9-4-5-2-6(9)3-7(5)8;1-8-4-5-9-3-2-7(8)6-9;1-6-4-9(3)5-7(2)8-6;1-9-4-2-7(6-8)3-5-9;1-9-4-2-3-7(5-8)6-9;1-6-5-8(2)4-3-7-6;1-8-4-2-6(7)3-5-8;1-8-4-2-3-6(7)5-8;1-7-4-2-6-3-5-7;1-6-2-4(5)3-6/h3*6-8H,2-5,9H2,1H3;7-9H,2-6H2,1H3;5-7H,2-4,8H2,1H3;7H,2-6H2,1H3;6-8H,4-5H2,1-3H3;2*7H,2-6,8H2,1H3;6-7H,3-5H2,1-2H3;2*6H,2-5,7H2,1H3;6H,2-5H2,1H3;4H,2-3,5H2,1H3/t;6?,7-,8?;;;;;;;;;;;;/m.1............/s1. The van der Waals surface area contributed by atoms with Crippen LogP contribution in [0.15, 0.2) is 0 Å². The van der Waals surface area contributed by atoms with E-state index in [-0.39, 0.29) is 0 Å². The maximum atomic E-state index is 5.96. The van der Waals surface area contributed by atoms with Gasteiger partial charge in [-0.25, -0.2) is 0 Å². The lowest BCUT2D eigenvalue weighted by Gasteiger charge is -2.46. The minimum Gasteiger partial charge on any atom is -0.330 e. The first-order chi connectivity index (χ1) is 58.2. The van der Waals surface area contributed by atoms with Gasteiger partial charge >= 0.3 is 0 Å². The van der Waals surface area contributed by atoms with Crippen molar-refractivity contribution in [3.8, 4) is 0 Å². The highest BCUT2D eigenvalue weighted by molar-refractivity contribution is 4.99. The van der Waals surface area contributed by atoms with Gasteiger partial charge in [0.1, 0.15) is 0 Å². The van der Waals surface area contributed by atoms with Gasteiger partial charge in [0, 0.05) is 247 Å². The van der Waals surface area contributed by atoms with E-state index in [2.05, 4.69) is 214 Å². The van der Waals surface area contributed by atoms with Crippen LogP contribution in [-0.4, -0.2) is 478 Å². The fourth-order valence-electron chi connectivity index (χ4n) is 22.9. The summed E-state index contributed by atoms with van der Waals surface area (Å²) in [6.45, 7) is 43.6. The molecule has 0 aromatic rings. The zero-order valence-electron chi connectivity index (χ0n) is 82.4. The predicted molar refractivity (Wildman–Crippen MR) is 520 cm³/mol. The molecule has 20 unspecified atom stereocenters. The third-order valence-corrected chi connectivity index (χ3v) is 31.0. The minimum atomic E-state index is 0.439. The van der Waals surface area contributed by atoms with Crippen LogP contribution in [0.2, 0.25) is 0 Å². The highest BCUT2D eigenvalue weighted by atomic mass is 15.3. The Balaban J connectivity index is 0.000000181. The Kier molecular flexibility index (Phi) is 51.3. The van der Waals surface area contributed by atoms with E-state index in [0.717, 1.165) is 130 Å². The summed E-state index contributed by atoms with van der Waals surface area (Å²) in [7, 11) is 30.6. The van der Waals surface area contributed by atoms with Gasteiger partial charge in [0.25, 0.3) is 0 Å². The lowest BCUT2D eigenvalue weighted by Crippen LogP contribution is -2.55. The van der Waals surface area contributed by atoms with Crippen molar-refractivity contribution < 1.29 is 0 Å². The first kappa shape index (κ1) is 108. The molecule has 0 aromatic carbocycles. The summed E-state index contributed by atoms with van der Waals surface area (Å²) in [5.41, 5.74) is 51.5.